The van der Waals surface area contributed by atoms with Gasteiger partial charge in [-0.3, -0.25) is 0 Å². The summed E-state index contributed by atoms with van der Waals surface area (Å²) >= 11 is 0. The summed E-state index contributed by atoms with van der Waals surface area (Å²) in [6, 6.07) is 158. The van der Waals surface area contributed by atoms with E-state index in [1.165, 1.54) is 21.7 Å². The van der Waals surface area contributed by atoms with Crippen LogP contribution in [0.5, 0.6) is 0 Å². The first-order valence-corrected chi connectivity index (χ1v) is 40.9. The number of nitrogens with zero attached hydrogens (tertiary/aromatic N) is 9. The molecule has 0 radical (unpaired) electrons. The molecule has 17 aromatic carbocycles. The van der Waals surface area contributed by atoms with Gasteiger partial charge in [-0.15, -0.1) is 0 Å². The number of aromatic nitrogens is 9. The van der Waals surface area contributed by atoms with Crippen molar-refractivity contribution in [1.82, 2.24) is 44.9 Å². The molecule has 0 saturated carbocycles. The lowest BCUT2D eigenvalue weighted by Crippen LogP contribution is -2.00. The van der Waals surface area contributed by atoms with Gasteiger partial charge in [0, 0.05) is 66.8 Å². The SMILES string of the molecule is c1ccc(-c2cc(-c3ccc(-c4cccc5cccc(-c6cccc(-c7nc(-c8ccccc8)cc(-c8ccccc8)n7)c6)c45)cc3)nc(-c3ccccc3)n2)cc1.c1ccc(-c2ccc(-c3nc(-c4ccccc4)nc(-c4cccc(-c5cccc6cccc(-c7ccc(-c8cc(-c9ccccc9)nc(-c9ccccc9)n8)cc7)c56)c4)n3)cc2)cc1. The van der Waals surface area contributed by atoms with Gasteiger partial charge in [0.2, 0.25) is 0 Å². The van der Waals surface area contributed by atoms with Crippen LogP contribution in [0.3, 0.4) is 0 Å². The number of fused-ring (bicyclic) bond motifs is 2. The van der Waals surface area contributed by atoms with Crippen molar-refractivity contribution in [2.45, 2.75) is 0 Å². The van der Waals surface area contributed by atoms with Crippen LogP contribution in [-0.4, -0.2) is 44.9 Å². The van der Waals surface area contributed by atoms with Gasteiger partial charge in [-0.1, -0.05) is 425 Å². The molecule has 21 aromatic rings. The Labute approximate surface area is 708 Å². The molecule has 4 aromatic heterocycles. The largest absolute Gasteiger partial charge is 0.228 e. The second-order valence-corrected chi connectivity index (χ2v) is 29.9. The molecule has 0 saturated heterocycles. The topological polar surface area (TPSA) is 116 Å². The number of benzene rings is 17. The lowest BCUT2D eigenvalue weighted by atomic mass is 9.90. The van der Waals surface area contributed by atoms with E-state index in [4.69, 9.17) is 44.9 Å². The highest BCUT2D eigenvalue weighted by Gasteiger charge is 2.21. The van der Waals surface area contributed by atoms with Gasteiger partial charge in [-0.2, -0.15) is 0 Å². The van der Waals surface area contributed by atoms with Crippen LogP contribution in [0.4, 0.5) is 0 Å². The van der Waals surface area contributed by atoms with Crippen molar-refractivity contribution in [2.75, 3.05) is 0 Å². The Morgan fingerprint density at radius 3 is 0.590 bits per heavy atom. The third-order valence-electron chi connectivity index (χ3n) is 22.1. The number of hydrogen-bond acceptors (Lipinski definition) is 9. The molecule has 0 bridgehead atoms. The molecular formula is C113H75N9. The van der Waals surface area contributed by atoms with Crippen LogP contribution >= 0.6 is 0 Å². The third-order valence-corrected chi connectivity index (χ3v) is 22.1. The lowest BCUT2D eigenvalue weighted by molar-refractivity contribution is 1.07. The molecule has 0 aliphatic carbocycles. The molecule has 9 nitrogen and oxygen atoms in total. The lowest BCUT2D eigenvalue weighted by Gasteiger charge is -2.14. The summed E-state index contributed by atoms with van der Waals surface area (Å²) < 4.78 is 0. The molecule has 21 rings (SSSR count). The van der Waals surface area contributed by atoms with E-state index in [2.05, 4.69) is 309 Å². The fraction of sp³-hybridized carbons (Fsp3) is 0. The van der Waals surface area contributed by atoms with E-state index < -0.39 is 0 Å². The summed E-state index contributed by atoms with van der Waals surface area (Å²) in [5.41, 5.74) is 28.6. The Hall–Kier alpha value is -16.5. The van der Waals surface area contributed by atoms with Crippen molar-refractivity contribution in [3.8, 4) is 192 Å². The zero-order valence-electron chi connectivity index (χ0n) is 66.3. The Balaban J connectivity index is 0.000000156. The highest BCUT2D eigenvalue weighted by Crippen LogP contribution is 2.43. The predicted octanol–water partition coefficient (Wildman–Crippen LogP) is 28.6. The van der Waals surface area contributed by atoms with Gasteiger partial charge in [-0.05, 0) is 108 Å². The minimum Gasteiger partial charge on any atom is -0.228 e. The molecule has 0 fully saturated rings. The summed E-state index contributed by atoms with van der Waals surface area (Å²) in [5.74, 6) is 3.96. The molecule has 0 aliphatic heterocycles. The second kappa shape index (κ2) is 34.0. The summed E-state index contributed by atoms with van der Waals surface area (Å²) in [6.45, 7) is 0. The van der Waals surface area contributed by atoms with Crippen molar-refractivity contribution in [2.24, 2.45) is 0 Å². The van der Waals surface area contributed by atoms with Crippen LogP contribution < -0.4 is 0 Å². The Bertz CT molecular complexity index is 7110. The van der Waals surface area contributed by atoms with Crippen LogP contribution in [-0.2, 0) is 0 Å². The third kappa shape index (κ3) is 15.9. The van der Waals surface area contributed by atoms with E-state index >= 15 is 0 Å². The van der Waals surface area contributed by atoms with Gasteiger partial charge < -0.3 is 0 Å². The van der Waals surface area contributed by atoms with Crippen molar-refractivity contribution < 1.29 is 0 Å². The second-order valence-electron chi connectivity index (χ2n) is 29.9. The van der Waals surface area contributed by atoms with E-state index in [9.17, 15) is 0 Å². The standard InChI is InChI=1S/C59H39N5.C54H36N4/c1-5-16-40(17-6-1)41-30-36-48(37-31-41)58-62-57(47-22-11-4-12-23-47)63-59(64-58)50-27-13-26-49(38-50)52-29-15-25-45-24-14-28-51(55(45)52)42-32-34-44(35-33-42)54-39-53(43-18-7-2-8-19-43)60-56(61-54)46-20-9-3-10-21-46;1-5-16-38(17-6-1)48-36-51(56-53(55-48)43-22-11-4-12-23-43)41-32-30-37(31-33-41)46-28-14-24-42-25-15-29-47(52(42)46)44-26-13-27-45(34-44)54-57-49(39-18-7-2-8-19-39)35-50(58-54)40-20-9-3-10-21-40/h1-39H;1-36H. The molecule has 4 heterocycles. The van der Waals surface area contributed by atoms with E-state index in [1.54, 1.807) is 0 Å². The maximum Gasteiger partial charge on any atom is 0.164 e. The average molecular weight is 1560 g/mol. The molecule has 9 heteroatoms. The van der Waals surface area contributed by atoms with Crippen molar-refractivity contribution >= 4 is 21.5 Å². The zero-order chi connectivity index (χ0) is 81.3. The van der Waals surface area contributed by atoms with Crippen LogP contribution in [0.15, 0.2) is 455 Å². The van der Waals surface area contributed by atoms with Crippen molar-refractivity contribution in [3.05, 3.63) is 455 Å². The minimum atomic E-state index is 0.615. The van der Waals surface area contributed by atoms with E-state index in [0.717, 1.165) is 156 Å². The van der Waals surface area contributed by atoms with Crippen LogP contribution in [0.25, 0.3) is 213 Å². The van der Waals surface area contributed by atoms with Gasteiger partial charge in [0.25, 0.3) is 0 Å². The maximum absolute atomic E-state index is 5.12. The first kappa shape index (κ1) is 74.3. The maximum atomic E-state index is 5.12. The molecular weight excluding hydrogens is 1480 g/mol. The number of hydrogen-bond donors (Lipinski definition) is 0. The number of rotatable bonds is 17. The predicted molar refractivity (Wildman–Crippen MR) is 500 cm³/mol. The summed E-state index contributed by atoms with van der Waals surface area (Å²) in [7, 11) is 0. The normalized spacial score (nSPS) is 11.1. The summed E-state index contributed by atoms with van der Waals surface area (Å²) in [6.07, 6.45) is 0. The van der Waals surface area contributed by atoms with E-state index in [0.29, 0.717) is 34.9 Å². The van der Waals surface area contributed by atoms with Crippen LogP contribution in [0.2, 0.25) is 0 Å². The fourth-order valence-corrected chi connectivity index (χ4v) is 16.0. The summed E-state index contributed by atoms with van der Waals surface area (Å²) in [5, 5.41) is 4.70. The highest BCUT2D eigenvalue weighted by atomic mass is 15.0. The molecule has 122 heavy (non-hydrogen) atoms. The minimum absolute atomic E-state index is 0.615. The molecule has 0 amide bonds. The first-order valence-electron chi connectivity index (χ1n) is 40.9. The van der Waals surface area contributed by atoms with Gasteiger partial charge >= 0.3 is 0 Å². The average Bonchev–Trinajstić information content (AvgIpc) is 0.771. The van der Waals surface area contributed by atoms with Crippen molar-refractivity contribution in [1.29, 1.82) is 0 Å². The molecule has 0 aliphatic rings. The van der Waals surface area contributed by atoms with Crippen LogP contribution in [0.1, 0.15) is 0 Å². The van der Waals surface area contributed by atoms with E-state index in [-0.39, 0.29) is 0 Å². The van der Waals surface area contributed by atoms with Gasteiger partial charge in [0.15, 0.2) is 34.9 Å². The van der Waals surface area contributed by atoms with Gasteiger partial charge in [0.05, 0.1) is 34.2 Å². The smallest absolute Gasteiger partial charge is 0.164 e. The fourth-order valence-electron chi connectivity index (χ4n) is 16.0. The Morgan fingerprint density at radius 2 is 0.287 bits per heavy atom. The van der Waals surface area contributed by atoms with E-state index in [1.807, 2.05) is 146 Å². The quantitative estimate of drug-likeness (QED) is 0.0879. The molecule has 0 N–H and O–H groups in total. The molecule has 0 unspecified atom stereocenters. The van der Waals surface area contributed by atoms with Gasteiger partial charge in [0.1, 0.15) is 0 Å². The zero-order valence-corrected chi connectivity index (χ0v) is 66.3. The van der Waals surface area contributed by atoms with Crippen molar-refractivity contribution in [3.63, 3.8) is 0 Å². The first-order chi connectivity index (χ1) is 60.4. The van der Waals surface area contributed by atoms with Gasteiger partial charge in [-0.25, -0.2) is 44.9 Å². The molecule has 572 valence electrons. The Morgan fingerprint density at radius 1 is 0.107 bits per heavy atom. The monoisotopic (exact) mass is 1560 g/mol. The van der Waals surface area contributed by atoms with Crippen LogP contribution in [0, 0.1) is 0 Å². The molecule has 0 atom stereocenters. The highest BCUT2D eigenvalue weighted by molar-refractivity contribution is 6.08. The summed E-state index contributed by atoms with van der Waals surface area (Å²) in [4.78, 5) is 45.5. The molecule has 0 spiro atoms. The Kier molecular flexibility index (Phi) is 20.7.